The first-order chi connectivity index (χ1) is 15.5. The largest absolute Gasteiger partial charge is 0.481 e. The molecule has 0 bridgehead atoms. The van der Waals surface area contributed by atoms with Gasteiger partial charge in [-0.15, -0.1) is 0 Å². The Kier molecular flexibility index (Phi) is 6.66. The molecular weight excluding hydrogens is 441 g/mol. The monoisotopic (exact) mass is 464 g/mol. The lowest BCUT2D eigenvalue weighted by molar-refractivity contribution is -0.199. The van der Waals surface area contributed by atoms with Gasteiger partial charge in [-0.05, 0) is 29.2 Å². The van der Waals surface area contributed by atoms with Crippen LogP contribution in [-0.2, 0) is 14.3 Å². The number of halogens is 3. The molecule has 1 aliphatic carbocycles. The molecule has 10 heteroatoms. The van der Waals surface area contributed by atoms with E-state index < -0.39 is 42.7 Å². The Balaban J connectivity index is 1.74. The molecule has 1 unspecified atom stereocenters. The third-order valence-corrected chi connectivity index (χ3v) is 5.70. The first-order valence-corrected chi connectivity index (χ1v) is 10.1. The average Bonchev–Trinajstić information content (AvgIpc) is 3.08. The molecule has 0 radical (unpaired) electrons. The number of ether oxygens (including phenoxy) is 1. The van der Waals surface area contributed by atoms with Crippen molar-refractivity contribution in [3.8, 4) is 11.1 Å². The average molecular weight is 464 g/mol. The minimum Gasteiger partial charge on any atom is -0.481 e. The number of nitrogens with zero attached hydrogens (tertiary/aromatic N) is 1. The van der Waals surface area contributed by atoms with E-state index in [1.54, 1.807) is 5.32 Å². The number of amides is 2. The second kappa shape index (κ2) is 9.13. The van der Waals surface area contributed by atoms with E-state index in [0.29, 0.717) is 11.8 Å². The molecule has 0 saturated carbocycles. The smallest absolute Gasteiger partial charge is 0.420 e. The quantitative estimate of drug-likeness (QED) is 0.650. The van der Waals surface area contributed by atoms with Crippen LogP contribution in [-0.4, -0.2) is 59.9 Å². The van der Waals surface area contributed by atoms with Gasteiger partial charge >= 0.3 is 18.2 Å². The summed E-state index contributed by atoms with van der Waals surface area (Å²) in [5, 5.41) is 10.4. The summed E-state index contributed by atoms with van der Waals surface area (Å²) in [4.78, 5) is 36.2. The molecule has 7 nitrogen and oxygen atoms in total. The van der Waals surface area contributed by atoms with Crippen molar-refractivity contribution in [1.29, 1.82) is 0 Å². The zero-order chi connectivity index (χ0) is 24.4. The van der Waals surface area contributed by atoms with E-state index >= 15 is 0 Å². The summed E-state index contributed by atoms with van der Waals surface area (Å²) >= 11 is 0. The van der Waals surface area contributed by atoms with Gasteiger partial charge in [0.15, 0.2) is 0 Å². The number of carboxylic acid groups (broad SMARTS) is 1. The van der Waals surface area contributed by atoms with Gasteiger partial charge in [0.1, 0.15) is 6.61 Å². The highest BCUT2D eigenvalue weighted by Crippen LogP contribution is 2.44. The number of fused-ring (bicyclic) bond motifs is 3. The van der Waals surface area contributed by atoms with Crippen LogP contribution >= 0.6 is 0 Å². The molecule has 0 fully saturated rings. The number of benzene rings is 2. The van der Waals surface area contributed by atoms with Crippen LogP contribution in [0.4, 0.5) is 18.0 Å². The van der Waals surface area contributed by atoms with Crippen LogP contribution in [0.3, 0.4) is 0 Å². The maximum atomic E-state index is 13.8. The van der Waals surface area contributed by atoms with Gasteiger partial charge in [-0.3, -0.25) is 14.9 Å². The van der Waals surface area contributed by atoms with Crippen LogP contribution in [0.2, 0.25) is 0 Å². The standard InChI is InChI=1S/C23H23F3N2O5/c1-22(23(24,25)26,20(31)28(2)12-11-19(29)30)27-21(32)33-13-18-16-9-5-3-7-14(16)15-8-4-6-10-17(15)18/h3-10,18H,11-13H2,1-2H3,(H,27,32)(H,29,30). The summed E-state index contributed by atoms with van der Waals surface area (Å²) in [5.41, 5.74) is 0.391. The van der Waals surface area contributed by atoms with E-state index in [4.69, 9.17) is 9.84 Å². The molecule has 2 aromatic rings. The molecule has 0 aliphatic heterocycles. The van der Waals surface area contributed by atoms with Crippen molar-refractivity contribution in [1.82, 2.24) is 10.2 Å². The van der Waals surface area contributed by atoms with E-state index in [1.165, 1.54) is 0 Å². The molecule has 3 rings (SSSR count). The summed E-state index contributed by atoms with van der Waals surface area (Å²) in [7, 11) is 1.04. The molecule has 1 atom stereocenters. The number of carbonyl (C=O) groups is 3. The highest BCUT2D eigenvalue weighted by Gasteiger charge is 2.59. The van der Waals surface area contributed by atoms with E-state index in [9.17, 15) is 27.6 Å². The molecule has 2 amide bonds. The van der Waals surface area contributed by atoms with Crippen molar-refractivity contribution in [2.45, 2.75) is 31.0 Å². The number of alkyl carbamates (subject to hydrolysis) is 1. The number of carbonyl (C=O) groups excluding carboxylic acids is 2. The van der Waals surface area contributed by atoms with Crippen molar-refractivity contribution in [2.75, 3.05) is 20.2 Å². The van der Waals surface area contributed by atoms with Gasteiger partial charge < -0.3 is 14.7 Å². The second-order valence-corrected chi connectivity index (χ2v) is 7.94. The zero-order valence-corrected chi connectivity index (χ0v) is 18.0. The summed E-state index contributed by atoms with van der Waals surface area (Å²) in [6.45, 7) is -0.156. The Bertz CT molecular complexity index is 1030. The minimum atomic E-state index is -5.15. The van der Waals surface area contributed by atoms with Crippen LogP contribution < -0.4 is 5.32 Å². The van der Waals surface area contributed by atoms with Crippen LogP contribution in [0.5, 0.6) is 0 Å². The molecule has 0 spiro atoms. The SMILES string of the molecule is CN(CCC(=O)O)C(=O)C(C)(NC(=O)OCC1c2ccccc2-c2ccccc21)C(F)(F)F. The first kappa shape index (κ1) is 24.1. The lowest BCUT2D eigenvalue weighted by atomic mass is 9.98. The topological polar surface area (TPSA) is 95.9 Å². The van der Waals surface area contributed by atoms with Gasteiger partial charge in [0, 0.05) is 19.5 Å². The summed E-state index contributed by atoms with van der Waals surface area (Å²) in [5.74, 6) is -3.13. The number of aliphatic carboxylic acids is 1. The van der Waals surface area contributed by atoms with E-state index in [0.717, 1.165) is 29.3 Å². The Morgan fingerprint density at radius 1 is 1.03 bits per heavy atom. The van der Waals surface area contributed by atoms with Crippen LogP contribution in [0.15, 0.2) is 48.5 Å². The maximum absolute atomic E-state index is 13.8. The van der Waals surface area contributed by atoms with Crippen molar-refractivity contribution >= 4 is 18.0 Å². The lowest BCUT2D eigenvalue weighted by Crippen LogP contribution is -2.65. The number of nitrogens with one attached hydrogen (secondary N) is 1. The van der Waals surface area contributed by atoms with Gasteiger partial charge in [-0.1, -0.05) is 48.5 Å². The molecular formula is C23H23F3N2O5. The molecule has 0 heterocycles. The molecule has 2 aromatic carbocycles. The molecule has 1 aliphatic rings. The van der Waals surface area contributed by atoms with Crippen LogP contribution in [0.25, 0.3) is 11.1 Å². The summed E-state index contributed by atoms with van der Waals surface area (Å²) in [6.07, 6.45) is -7.09. The third kappa shape index (κ3) is 4.79. The predicted molar refractivity (Wildman–Crippen MR) is 113 cm³/mol. The first-order valence-electron chi connectivity index (χ1n) is 10.1. The summed E-state index contributed by atoms with van der Waals surface area (Å²) in [6, 6.07) is 14.9. The molecule has 2 N–H and O–H groups in total. The van der Waals surface area contributed by atoms with Gasteiger partial charge in [-0.25, -0.2) is 4.79 Å². The fourth-order valence-corrected chi connectivity index (χ4v) is 3.83. The van der Waals surface area contributed by atoms with Crippen LogP contribution in [0.1, 0.15) is 30.4 Å². The molecule has 33 heavy (non-hydrogen) atoms. The van der Waals surface area contributed by atoms with E-state index in [-0.39, 0.29) is 12.5 Å². The predicted octanol–water partition coefficient (Wildman–Crippen LogP) is 3.78. The third-order valence-electron chi connectivity index (χ3n) is 5.70. The van der Waals surface area contributed by atoms with Crippen LogP contribution in [0, 0.1) is 0 Å². The van der Waals surface area contributed by atoms with E-state index in [2.05, 4.69) is 0 Å². The Morgan fingerprint density at radius 2 is 1.55 bits per heavy atom. The number of hydrogen-bond donors (Lipinski definition) is 2. The fraction of sp³-hybridized carbons (Fsp3) is 0.348. The maximum Gasteiger partial charge on any atom is 0.420 e. The molecule has 0 aromatic heterocycles. The highest BCUT2D eigenvalue weighted by molar-refractivity contribution is 5.90. The number of alkyl halides is 3. The van der Waals surface area contributed by atoms with Gasteiger partial charge in [0.2, 0.25) is 5.54 Å². The fourth-order valence-electron chi connectivity index (χ4n) is 3.83. The van der Waals surface area contributed by atoms with Gasteiger partial charge in [-0.2, -0.15) is 13.2 Å². The van der Waals surface area contributed by atoms with Crippen molar-refractivity contribution in [3.05, 3.63) is 59.7 Å². The second-order valence-electron chi connectivity index (χ2n) is 7.94. The number of hydrogen-bond acceptors (Lipinski definition) is 4. The van der Waals surface area contributed by atoms with Crippen molar-refractivity contribution < 1.29 is 37.4 Å². The Hall–Kier alpha value is -3.56. The normalized spacial score (nSPS) is 14.6. The van der Waals surface area contributed by atoms with Gasteiger partial charge in [0.05, 0.1) is 6.42 Å². The number of rotatable bonds is 7. The highest BCUT2D eigenvalue weighted by atomic mass is 19.4. The minimum absolute atomic E-state index is 0.225. The zero-order valence-electron chi connectivity index (χ0n) is 18.0. The Morgan fingerprint density at radius 3 is 2.03 bits per heavy atom. The molecule has 0 saturated heterocycles. The lowest BCUT2D eigenvalue weighted by Gasteiger charge is -2.34. The van der Waals surface area contributed by atoms with E-state index in [1.807, 2.05) is 48.5 Å². The van der Waals surface area contributed by atoms with Crippen molar-refractivity contribution in [2.24, 2.45) is 0 Å². The number of carboxylic acids is 1. The Labute approximate surface area is 188 Å². The van der Waals surface area contributed by atoms with Gasteiger partial charge in [0.25, 0.3) is 5.91 Å². The summed E-state index contributed by atoms with van der Waals surface area (Å²) < 4.78 is 46.5. The van der Waals surface area contributed by atoms with Crippen molar-refractivity contribution in [3.63, 3.8) is 0 Å². The number of likely N-dealkylation sites (N-methyl/N-ethyl adjacent to an activating group) is 1. The molecule has 176 valence electrons.